The molecular weight excluding hydrogens is 406 g/mol. The van der Waals surface area contributed by atoms with Gasteiger partial charge in [-0.1, -0.05) is 0 Å². The highest BCUT2D eigenvalue weighted by atomic mass is 16.2. The van der Waals surface area contributed by atoms with Gasteiger partial charge >= 0.3 is 0 Å². The van der Waals surface area contributed by atoms with Crippen LogP contribution in [0.25, 0.3) is 16.7 Å². The van der Waals surface area contributed by atoms with E-state index in [1.165, 1.54) is 0 Å². The highest BCUT2D eigenvalue weighted by Crippen LogP contribution is 2.49. The first-order valence-corrected chi connectivity index (χ1v) is 10.9. The Morgan fingerprint density at radius 2 is 2.00 bits per heavy atom. The van der Waals surface area contributed by atoms with Gasteiger partial charge in [-0.2, -0.15) is 0 Å². The number of aryl methyl sites for hydroxylation is 2. The number of hydrogen-bond acceptors (Lipinski definition) is 4. The number of aromatic nitrogens is 2. The quantitative estimate of drug-likeness (QED) is 0.555. The third kappa shape index (κ3) is 3.41. The van der Waals surface area contributed by atoms with Crippen molar-refractivity contribution in [3.05, 3.63) is 53.3 Å². The molecule has 1 aromatic heterocycles. The molecule has 1 aliphatic carbocycles. The predicted octanol–water partition coefficient (Wildman–Crippen LogP) is 2.47. The van der Waals surface area contributed by atoms with Crippen LogP contribution in [0.1, 0.15) is 47.4 Å². The third-order valence-electron chi connectivity index (χ3n) is 6.66. The summed E-state index contributed by atoms with van der Waals surface area (Å²) in [5, 5.41) is 5.56. The van der Waals surface area contributed by atoms with Gasteiger partial charge in [0, 0.05) is 42.2 Å². The summed E-state index contributed by atoms with van der Waals surface area (Å²) in [5.74, 6) is 0.438. The van der Waals surface area contributed by atoms with Crippen LogP contribution in [0.3, 0.4) is 0 Å². The number of benzene rings is 2. The molecule has 1 saturated carbocycles. The Morgan fingerprint density at radius 3 is 2.72 bits per heavy atom. The van der Waals surface area contributed by atoms with E-state index in [2.05, 4.69) is 21.3 Å². The van der Waals surface area contributed by atoms with Crippen LogP contribution in [-0.2, 0) is 22.4 Å². The predicted molar refractivity (Wildman–Crippen MR) is 121 cm³/mol. The SMILES string of the molecule is CNC(=O)c1ccc2c(c1)nc(CCC1(C(N)=O)CC1)n2-c1ccc2c(c1)CCC(=O)N2. The number of primary amides is 1. The zero-order valence-electron chi connectivity index (χ0n) is 17.9. The lowest BCUT2D eigenvalue weighted by atomic mass is 9.99. The maximum atomic E-state index is 12.1. The minimum Gasteiger partial charge on any atom is -0.369 e. The number of anilines is 1. The van der Waals surface area contributed by atoms with E-state index < -0.39 is 5.41 Å². The van der Waals surface area contributed by atoms with E-state index in [-0.39, 0.29) is 17.7 Å². The minimum atomic E-state index is -0.420. The number of carbonyl (C=O) groups is 3. The second-order valence-electron chi connectivity index (χ2n) is 8.68. The van der Waals surface area contributed by atoms with Crippen molar-refractivity contribution >= 4 is 34.4 Å². The van der Waals surface area contributed by atoms with Gasteiger partial charge in [-0.3, -0.25) is 19.0 Å². The average Bonchev–Trinajstić information content (AvgIpc) is 3.51. The van der Waals surface area contributed by atoms with Crippen molar-refractivity contribution in [2.24, 2.45) is 11.1 Å². The molecule has 164 valence electrons. The lowest BCUT2D eigenvalue weighted by molar-refractivity contribution is -0.123. The molecule has 0 radical (unpaired) electrons. The lowest BCUT2D eigenvalue weighted by Gasteiger charge is -2.19. The zero-order valence-corrected chi connectivity index (χ0v) is 17.9. The normalized spacial score (nSPS) is 16.3. The van der Waals surface area contributed by atoms with Crippen LogP contribution in [0.4, 0.5) is 5.69 Å². The van der Waals surface area contributed by atoms with E-state index in [0.717, 1.165) is 46.6 Å². The van der Waals surface area contributed by atoms with Crippen molar-refractivity contribution in [2.45, 2.75) is 38.5 Å². The molecule has 32 heavy (non-hydrogen) atoms. The zero-order chi connectivity index (χ0) is 22.5. The monoisotopic (exact) mass is 431 g/mol. The smallest absolute Gasteiger partial charge is 0.251 e. The number of hydrogen-bond donors (Lipinski definition) is 3. The molecular formula is C24H25N5O3. The first-order valence-electron chi connectivity index (χ1n) is 10.9. The highest BCUT2D eigenvalue weighted by molar-refractivity contribution is 5.97. The molecule has 8 nitrogen and oxygen atoms in total. The average molecular weight is 431 g/mol. The van der Waals surface area contributed by atoms with Crippen molar-refractivity contribution in [2.75, 3.05) is 12.4 Å². The van der Waals surface area contributed by atoms with Crippen LogP contribution in [0.5, 0.6) is 0 Å². The third-order valence-corrected chi connectivity index (χ3v) is 6.66. The Kier molecular flexibility index (Phi) is 4.73. The largest absolute Gasteiger partial charge is 0.369 e. The van der Waals surface area contributed by atoms with Gasteiger partial charge in [0.2, 0.25) is 11.8 Å². The molecule has 0 saturated heterocycles. The summed E-state index contributed by atoms with van der Waals surface area (Å²) < 4.78 is 2.08. The molecule has 2 aromatic carbocycles. The molecule has 8 heteroatoms. The molecule has 3 amide bonds. The lowest BCUT2D eigenvalue weighted by Crippen LogP contribution is -2.25. The molecule has 4 N–H and O–H groups in total. The number of fused-ring (bicyclic) bond motifs is 2. The number of carbonyl (C=O) groups excluding carboxylic acids is 3. The second kappa shape index (κ2) is 7.47. The summed E-state index contributed by atoms with van der Waals surface area (Å²) in [6.45, 7) is 0. The highest BCUT2D eigenvalue weighted by Gasteiger charge is 2.47. The summed E-state index contributed by atoms with van der Waals surface area (Å²) >= 11 is 0. The topological polar surface area (TPSA) is 119 Å². The van der Waals surface area contributed by atoms with Gasteiger partial charge in [0.25, 0.3) is 5.91 Å². The van der Waals surface area contributed by atoms with Gasteiger partial charge in [0.1, 0.15) is 5.82 Å². The Bertz CT molecular complexity index is 1270. The second-order valence-corrected chi connectivity index (χ2v) is 8.68. The molecule has 1 aliphatic heterocycles. The van der Waals surface area contributed by atoms with Crippen molar-refractivity contribution in [1.82, 2.24) is 14.9 Å². The van der Waals surface area contributed by atoms with Gasteiger partial charge in [-0.15, -0.1) is 0 Å². The molecule has 1 fully saturated rings. The van der Waals surface area contributed by atoms with Gasteiger partial charge in [-0.25, -0.2) is 4.98 Å². The van der Waals surface area contributed by atoms with E-state index in [1.807, 2.05) is 18.2 Å². The van der Waals surface area contributed by atoms with Gasteiger partial charge in [0.15, 0.2) is 0 Å². The molecule has 3 aromatic rings. The summed E-state index contributed by atoms with van der Waals surface area (Å²) in [4.78, 5) is 40.6. The maximum absolute atomic E-state index is 12.1. The Balaban J connectivity index is 1.59. The van der Waals surface area contributed by atoms with Gasteiger partial charge in [-0.05, 0) is 67.6 Å². The van der Waals surface area contributed by atoms with E-state index in [1.54, 1.807) is 19.2 Å². The van der Waals surface area contributed by atoms with E-state index >= 15 is 0 Å². The Labute approximate surface area is 185 Å². The standard InChI is InChI=1S/C24H25N5O3/c1-26-22(31)15-2-6-19-18(13-15)27-20(8-9-24(10-11-24)23(25)32)29(19)16-4-5-17-14(12-16)3-7-21(30)28-17/h2,4-6,12-13H,3,7-11H2,1H3,(H2,25,32)(H,26,31)(H,28,30). The van der Waals surface area contributed by atoms with Crippen LogP contribution in [-0.4, -0.2) is 34.3 Å². The molecule has 0 bridgehead atoms. The minimum absolute atomic E-state index is 0.0296. The first-order chi connectivity index (χ1) is 15.4. The van der Waals surface area contributed by atoms with E-state index in [4.69, 9.17) is 10.7 Å². The first kappa shape index (κ1) is 20.2. The number of imidazole rings is 1. The van der Waals surface area contributed by atoms with Crippen molar-refractivity contribution in [1.29, 1.82) is 0 Å². The van der Waals surface area contributed by atoms with Crippen LogP contribution < -0.4 is 16.4 Å². The summed E-state index contributed by atoms with van der Waals surface area (Å²) in [6, 6.07) is 11.4. The fourth-order valence-corrected chi connectivity index (χ4v) is 4.50. The Morgan fingerprint density at radius 1 is 1.19 bits per heavy atom. The molecule has 0 spiro atoms. The Hall–Kier alpha value is -3.68. The van der Waals surface area contributed by atoms with Crippen LogP contribution in [0, 0.1) is 5.41 Å². The van der Waals surface area contributed by atoms with Crippen LogP contribution in [0.15, 0.2) is 36.4 Å². The fourth-order valence-electron chi connectivity index (χ4n) is 4.50. The van der Waals surface area contributed by atoms with Crippen molar-refractivity contribution < 1.29 is 14.4 Å². The van der Waals surface area contributed by atoms with Gasteiger partial charge in [0.05, 0.1) is 11.0 Å². The number of amides is 3. The molecule has 0 atom stereocenters. The summed E-state index contributed by atoms with van der Waals surface area (Å²) in [6.07, 6.45) is 4.03. The van der Waals surface area contributed by atoms with Crippen molar-refractivity contribution in [3.63, 3.8) is 0 Å². The molecule has 2 aliphatic rings. The number of nitrogens with zero attached hydrogens (tertiary/aromatic N) is 2. The van der Waals surface area contributed by atoms with Gasteiger partial charge < -0.3 is 16.4 Å². The van der Waals surface area contributed by atoms with Crippen molar-refractivity contribution in [3.8, 4) is 5.69 Å². The number of nitrogens with two attached hydrogens (primary N) is 1. The maximum Gasteiger partial charge on any atom is 0.251 e. The number of nitrogens with one attached hydrogen (secondary N) is 2. The van der Waals surface area contributed by atoms with Crippen LogP contribution in [0.2, 0.25) is 0 Å². The summed E-state index contributed by atoms with van der Waals surface area (Å²) in [5.41, 5.74) is 10.2. The van der Waals surface area contributed by atoms with Crippen LogP contribution >= 0.6 is 0 Å². The summed E-state index contributed by atoms with van der Waals surface area (Å²) in [7, 11) is 1.60. The number of rotatable bonds is 6. The van der Waals surface area contributed by atoms with E-state index in [9.17, 15) is 14.4 Å². The van der Waals surface area contributed by atoms with E-state index in [0.29, 0.717) is 31.2 Å². The molecule has 2 heterocycles. The molecule has 0 unspecified atom stereocenters. The molecule has 5 rings (SSSR count). The fraction of sp³-hybridized carbons (Fsp3) is 0.333.